The van der Waals surface area contributed by atoms with Gasteiger partial charge < -0.3 is 14.7 Å². The van der Waals surface area contributed by atoms with E-state index in [9.17, 15) is 14.7 Å². The number of rotatable bonds is 6. The van der Waals surface area contributed by atoms with Crippen LogP contribution in [-0.2, 0) is 6.61 Å². The van der Waals surface area contributed by atoms with E-state index in [1.54, 1.807) is 14.1 Å². The van der Waals surface area contributed by atoms with Gasteiger partial charge in [0.15, 0.2) is 5.56 Å². The summed E-state index contributed by atoms with van der Waals surface area (Å²) < 4.78 is 9.58. The van der Waals surface area contributed by atoms with Crippen LogP contribution in [0, 0.1) is 0 Å². The predicted octanol–water partition coefficient (Wildman–Crippen LogP) is 3.64. The van der Waals surface area contributed by atoms with Crippen molar-refractivity contribution >= 4 is 28.5 Å². The van der Waals surface area contributed by atoms with Crippen LogP contribution in [0.2, 0.25) is 0 Å². The molecule has 8 heteroatoms. The van der Waals surface area contributed by atoms with Crippen molar-refractivity contribution < 1.29 is 19.4 Å². The number of hydrogen-bond acceptors (Lipinski definition) is 5. The van der Waals surface area contributed by atoms with Crippen LogP contribution in [0.1, 0.15) is 41.3 Å². The highest BCUT2D eigenvalue weighted by Crippen LogP contribution is 2.31. The molecule has 7 nitrogen and oxygen atoms in total. The van der Waals surface area contributed by atoms with Gasteiger partial charge >= 0.3 is 12.0 Å². The summed E-state index contributed by atoms with van der Waals surface area (Å²) in [5.41, 5.74) is 1.99. The maximum Gasteiger partial charge on any atom is 0.344 e. The average Bonchev–Trinajstić information content (AvgIpc) is 2.96. The molecule has 1 heterocycles. The lowest BCUT2D eigenvalue weighted by atomic mass is 10.0. The fraction of sp³-hybridized carbons (Fsp3) is 0.353. The molecule has 1 aromatic carbocycles. The zero-order valence-corrected chi connectivity index (χ0v) is 15.4. The Morgan fingerprint density at radius 1 is 1.28 bits per heavy atom. The van der Waals surface area contributed by atoms with Crippen LogP contribution in [-0.4, -0.2) is 40.5 Å². The number of ether oxygens (including phenoxy) is 1. The molecule has 0 unspecified atom stereocenters. The van der Waals surface area contributed by atoms with Crippen molar-refractivity contribution in [2.45, 2.75) is 26.4 Å². The van der Waals surface area contributed by atoms with Crippen LogP contribution >= 0.6 is 11.5 Å². The maximum absolute atomic E-state index is 11.7. The third kappa shape index (κ3) is 4.69. The maximum atomic E-state index is 11.7. The quantitative estimate of drug-likeness (QED) is 0.817. The Balaban J connectivity index is 2.12. The summed E-state index contributed by atoms with van der Waals surface area (Å²) >= 11 is 0.877. The Kier molecular flexibility index (Phi) is 5.97. The van der Waals surface area contributed by atoms with Crippen molar-refractivity contribution in [3.63, 3.8) is 0 Å². The molecule has 0 fully saturated rings. The average molecular weight is 363 g/mol. The van der Waals surface area contributed by atoms with Gasteiger partial charge in [-0.2, -0.15) is 4.37 Å². The number of nitrogens with zero attached hydrogens (tertiary/aromatic N) is 2. The summed E-state index contributed by atoms with van der Waals surface area (Å²) in [7, 11) is 3.13. The summed E-state index contributed by atoms with van der Waals surface area (Å²) in [6.45, 7) is 4.43. The van der Waals surface area contributed by atoms with Gasteiger partial charge in [-0.3, -0.25) is 5.32 Å². The van der Waals surface area contributed by atoms with E-state index in [-0.39, 0.29) is 23.1 Å². The van der Waals surface area contributed by atoms with Crippen molar-refractivity contribution in [1.29, 1.82) is 0 Å². The van der Waals surface area contributed by atoms with Gasteiger partial charge in [0.25, 0.3) is 0 Å². The first-order chi connectivity index (χ1) is 11.8. The van der Waals surface area contributed by atoms with E-state index in [1.807, 2.05) is 24.3 Å². The van der Waals surface area contributed by atoms with Gasteiger partial charge in [-0.15, -0.1) is 0 Å². The van der Waals surface area contributed by atoms with E-state index in [0.717, 1.165) is 17.1 Å². The van der Waals surface area contributed by atoms with E-state index >= 15 is 0 Å². The number of carboxylic acid groups (broad SMARTS) is 1. The van der Waals surface area contributed by atoms with Crippen LogP contribution in [0.15, 0.2) is 24.3 Å². The van der Waals surface area contributed by atoms with Gasteiger partial charge in [-0.25, -0.2) is 9.59 Å². The summed E-state index contributed by atoms with van der Waals surface area (Å²) in [6, 6.07) is 7.49. The monoisotopic (exact) mass is 363 g/mol. The fourth-order valence-electron chi connectivity index (χ4n) is 2.01. The molecule has 0 bridgehead atoms. The summed E-state index contributed by atoms with van der Waals surface area (Å²) in [5, 5.41) is 12.1. The van der Waals surface area contributed by atoms with Crippen LogP contribution in [0.5, 0.6) is 5.88 Å². The number of aromatic nitrogens is 1. The molecule has 0 spiro atoms. The Morgan fingerprint density at radius 2 is 1.92 bits per heavy atom. The van der Waals surface area contributed by atoms with Gasteiger partial charge in [0, 0.05) is 14.1 Å². The molecule has 134 valence electrons. The van der Waals surface area contributed by atoms with E-state index in [0.29, 0.717) is 5.92 Å². The largest absolute Gasteiger partial charge is 0.477 e. The standard InChI is InChI=1S/C17H21N3O4S/c1-10(2)12-7-5-11(6-8-12)9-24-14-13(16(21)22)15(25-19-14)18-17(23)20(3)4/h5-8,10H,9H2,1-4H3,(H,18,23)(H,21,22). The fourth-order valence-corrected chi connectivity index (χ4v) is 2.72. The van der Waals surface area contributed by atoms with Crippen LogP contribution in [0.4, 0.5) is 9.80 Å². The van der Waals surface area contributed by atoms with Gasteiger partial charge in [-0.1, -0.05) is 38.1 Å². The molecule has 0 saturated heterocycles. The smallest absolute Gasteiger partial charge is 0.344 e. The number of benzene rings is 1. The first kappa shape index (κ1) is 18.7. The highest BCUT2D eigenvalue weighted by atomic mass is 32.1. The highest BCUT2D eigenvalue weighted by molar-refractivity contribution is 7.11. The number of carboxylic acids is 1. The number of amides is 2. The molecular formula is C17H21N3O4S. The Labute approximate surface area is 150 Å². The second kappa shape index (κ2) is 7.98. The summed E-state index contributed by atoms with van der Waals surface area (Å²) in [4.78, 5) is 24.5. The van der Waals surface area contributed by atoms with Gasteiger partial charge in [-0.05, 0) is 28.6 Å². The minimum atomic E-state index is -1.20. The Morgan fingerprint density at radius 3 is 2.44 bits per heavy atom. The molecule has 0 aliphatic carbocycles. The second-order valence-corrected chi connectivity index (χ2v) is 6.78. The number of anilines is 1. The van der Waals surface area contributed by atoms with Crippen molar-refractivity contribution in [1.82, 2.24) is 9.27 Å². The molecule has 2 aromatic rings. The Hall–Kier alpha value is -2.61. The molecule has 1 aromatic heterocycles. The summed E-state index contributed by atoms with van der Waals surface area (Å²) in [6.07, 6.45) is 0. The molecule has 0 radical (unpaired) electrons. The molecular weight excluding hydrogens is 342 g/mol. The number of nitrogens with one attached hydrogen (secondary N) is 1. The van der Waals surface area contributed by atoms with E-state index in [4.69, 9.17) is 4.74 Å². The first-order valence-electron chi connectivity index (χ1n) is 7.72. The van der Waals surface area contributed by atoms with Crippen LogP contribution < -0.4 is 10.1 Å². The minimum absolute atomic E-state index is 0.000470. The van der Waals surface area contributed by atoms with Crippen molar-refractivity contribution in [2.24, 2.45) is 0 Å². The van der Waals surface area contributed by atoms with Crippen molar-refractivity contribution in [2.75, 3.05) is 19.4 Å². The lowest BCUT2D eigenvalue weighted by Crippen LogP contribution is -2.27. The topological polar surface area (TPSA) is 91.8 Å². The number of hydrogen-bond donors (Lipinski definition) is 2. The van der Waals surface area contributed by atoms with Crippen molar-refractivity contribution in [3.8, 4) is 5.88 Å². The van der Waals surface area contributed by atoms with Crippen molar-refractivity contribution in [3.05, 3.63) is 41.0 Å². The van der Waals surface area contributed by atoms with E-state index in [2.05, 4.69) is 23.5 Å². The third-order valence-corrected chi connectivity index (χ3v) is 4.27. The zero-order valence-electron chi connectivity index (χ0n) is 14.6. The minimum Gasteiger partial charge on any atom is -0.477 e. The second-order valence-electron chi connectivity index (χ2n) is 6.01. The molecule has 0 aliphatic rings. The van der Waals surface area contributed by atoms with Crippen LogP contribution in [0.25, 0.3) is 0 Å². The lowest BCUT2D eigenvalue weighted by molar-refractivity contribution is 0.0693. The molecule has 0 saturated carbocycles. The molecule has 2 rings (SSSR count). The molecule has 0 aliphatic heterocycles. The summed E-state index contributed by atoms with van der Waals surface area (Å²) in [5.74, 6) is -0.762. The lowest BCUT2D eigenvalue weighted by Gasteiger charge is -2.11. The highest BCUT2D eigenvalue weighted by Gasteiger charge is 2.23. The van der Waals surface area contributed by atoms with Gasteiger partial charge in [0.05, 0.1) is 0 Å². The number of carbonyl (C=O) groups excluding carboxylic acids is 1. The third-order valence-electron chi connectivity index (χ3n) is 3.52. The molecule has 2 amide bonds. The Bertz CT molecular complexity index is 754. The first-order valence-corrected chi connectivity index (χ1v) is 8.49. The van der Waals surface area contributed by atoms with Crippen LogP contribution in [0.3, 0.4) is 0 Å². The zero-order chi connectivity index (χ0) is 18.6. The SMILES string of the molecule is CC(C)c1ccc(COc2nsc(NC(=O)N(C)C)c2C(=O)O)cc1. The number of aromatic carboxylic acids is 1. The normalized spacial score (nSPS) is 10.6. The number of carbonyl (C=O) groups is 2. The molecule has 2 N–H and O–H groups in total. The molecule has 25 heavy (non-hydrogen) atoms. The molecule has 0 atom stereocenters. The van der Waals surface area contributed by atoms with E-state index < -0.39 is 12.0 Å². The number of urea groups is 1. The van der Waals surface area contributed by atoms with Gasteiger partial charge in [0.2, 0.25) is 5.88 Å². The predicted molar refractivity (Wildman–Crippen MR) is 96.6 cm³/mol. The van der Waals surface area contributed by atoms with E-state index in [1.165, 1.54) is 10.5 Å². The van der Waals surface area contributed by atoms with Gasteiger partial charge in [0.1, 0.15) is 11.6 Å².